The predicted octanol–water partition coefficient (Wildman–Crippen LogP) is 0.895. The summed E-state index contributed by atoms with van der Waals surface area (Å²) < 4.78 is 0. The van der Waals surface area contributed by atoms with Crippen LogP contribution in [0.1, 0.15) is 20.3 Å². The lowest BCUT2D eigenvalue weighted by molar-refractivity contribution is 0.106. The van der Waals surface area contributed by atoms with Crippen LogP contribution in [0, 0.1) is 5.92 Å². The first-order chi connectivity index (χ1) is 5.22. The summed E-state index contributed by atoms with van der Waals surface area (Å²) in [4.78, 5) is 0. The fourth-order valence-electron chi connectivity index (χ4n) is 0.813. The Hall–Kier alpha value is -0.380. The van der Waals surface area contributed by atoms with E-state index in [1.165, 1.54) is 0 Å². The van der Waals surface area contributed by atoms with E-state index in [2.05, 4.69) is 19.3 Å². The second kappa shape index (κ2) is 6.34. The van der Waals surface area contributed by atoms with E-state index >= 15 is 0 Å². The molecule has 0 aromatic heterocycles. The summed E-state index contributed by atoms with van der Waals surface area (Å²) in [5.74, 6) is 0.433. The second-order valence-corrected chi connectivity index (χ2v) is 2.92. The number of rotatable bonds is 5. The summed E-state index contributed by atoms with van der Waals surface area (Å²) in [5, 5.41) is 8.68. The molecular weight excluding hydrogens is 140 g/mol. The highest BCUT2D eigenvalue weighted by atomic mass is 16.5. The highest BCUT2D eigenvalue weighted by Gasteiger charge is 2.08. The van der Waals surface area contributed by atoms with Gasteiger partial charge >= 0.3 is 0 Å². The largest absolute Gasteiger partial charge is 0.327 e. The lowest BCUT2D eigenvalue weighted by Gasteiger charge is -2.16. The summed E-state index contributed by atoms with van der Waals surface area (Å²) in [6.07, 6.45) is 4.70. The van der Waals surface area contributed by atoms with Gasteiger partial charge < -0.3 is 10.9 Å². The fourth-order valence-corrected chi connectivity index (χ4v) is 0.813. The molecule has 0 aliphatic heterocycles. The standard InChI is InChI=1S/C8H18N2O/c1-7(2)8(10-11)5-3-4-6-9/h3-4,7-8,10-11H,5-6,9H2,1-2H3/b4-3+. The van der Waals surface area contributed by atoms with Crippen LogP contribution in [0.2, 0.25) is 0 Å². The number of hydrogen-bond acceptors (Lipinski definition) is 3. The van der Waals surface area contributed by atoms with E-state index in [1.807, 2.05) is 12.2 Å². The minimum Gasteiger partial charge on any atom is -0.327 e. The van der Waals surface area contributed by atoms with Crippen LogP contribution in [0.25, 0.3) is 0 Å². The van der Waals surface area contributed by atoms with Crippen molar-refractivity contribution in [2.24, 2.45) is 11.7 Å². The molecule has 3 heteroatoms. The van der Waals surface area contributed by atoms with Gasteiger partial charge in [0.05, 0.1) is 0 Å². The van der Waals surface area contributed by atoms with E-state index in [-0.39, 0.29) is 6.04 Å². The van der Waals surface area contributed by atoms with E-state index < -0.39 is 0 Å². The van der Waals surface area contributed by atoms with Gasteiger partial charge in [0.15, 0.2) is 0 Å². The molecule has 0 amide bonds. The molecule has 0 saturated heterocycles. The SMILES string of the molecule is CC(C)C(C/C=C/CN)NO. The fraction of sp³-hybridized carbons (Fsp3) is 0.750. The van der Waals surface area contributed by atoms with Crippen LogP contribution in [-0.4, -0.2) is 17.8 Å². The Balaban J connectivity index is 3.60. The van der Waals surface area contributed by atoms with E-state index in [1.54, 1.807) is 0 Å². The maximum atomic E-state index is 8.68. The highest BCUT2D eigenvalue weighted by Crippen LogP contribution is 2.05. The summed E-state index contributed by atoms with van der Waals surface area (Å²) in [5.41, 5.74) is 7.53. The Morgan fingerprint density at radius 3 is 2.45 bits per heavy atom. The Morgan fingerprint density at radius 1 is 1.45 bits per heavy atom. The molecule has 0 fully saturated rings. The number of hydroxylamine groups is 1. The minimum absolute atomic E-state index is 0.137. The molecule has 11 heavy (non-hydrogen) atoms. The molecule has 0 saturated carbocycles. The van der Waals surface area contributed by atoms with E-state index in [9.17, 15) is 0 Å². The molecule has 1 atom stereocenters. The van der Waals surface area contributed by atoms with Gasteiger partial charge in [-0.2, -0.15) is 0 Å². The van der Waals surface area contributed by atoms with Crippen molar-refractivity contribution in [3.63, 3.8) is 0 Å². The van der Waals surface area contributed by atoms with Crippen LogP contribution < -0.4 is 11.2 Å². The third-order valence-corrected chi connectivity index (χ3v) is 1.66. The van der Waals surface area contributed by atoms with Gasteiger partial charge in [-0.25, -0.2) is 5.48 Å². The lowest BCUT2D eigenvalue weighted by Crippen LogP contribution is -2.30. The average Bonchev–Trinajstić information content (AvgIpc) is 1.97. The van der Waals surface area contributed by atoms with Crippen LogP contribution >= 0.6 is 0 Å². The van der Waals surface area contributed by atoms with Gasteiger partial charge in [-0.05, 0) is 12.3 Å². The molecule has 0 bridgehead atoms. The number of nitrogens with one attached hydrogen (secondary N) is 1. The van der Waals surface area contributed by atoms with Crippen LogP contribution in [0.4, 0.5) is 0 Å². The van der Waals surface area contributed by atoms with Crippen molar-refractivity contribution >= 4 is 0 Å². The second-order valence-electron chi connectivity index (χ2n) is 2.92. The smallest absolute Gasteiger partial charge is 0.0377 e. The third-order valence-electron chi connectivity index (χ3n) is 1.66. The Kier molecular flexibility index (Phi) is 6.12. The molecular formula is C8H18N2O. The lowest BCUT2D eigenvalue weighted by atomic mass is 10.0. The zero-order valence-corrected chi connectivity index (χ0v) is 7.25. The minimum atomic E-state index is 0.137. The van der Waals surface area contributed by atoms with E-state index in [4.69, 9.17) is 10.9 Å². The molecule has 0 aromatic rings. The van der Waals surface area contributed by atoms with Crippen LogP contribution in [0.5, 0.6) is 0 Å². The topological polar surface area (TPSA) is 58.3 Å². The van der Waals surface area contributed by atoms with Crippen LogP contribution in [-0.2, 0) is 0 Å². The maximum Gasteiger partial charge on any atom is 0.0377 e. The Labute approximate surface area is 68.2 Å². The highest BCUT2D eigenvalue weighted by molar-refractivity contribution is 4.87. The summed E-state index contributed by atoms with van der Waals surface area (Å²) in [6.45, 7) is 4.69. The van der Waals surface area contributed by atoms with E-state index in [0.29, 0.717) is 12.5 Å². The Bertz CT molecular complexity index is 113. The first-order valence-electron chi connectivity index (χ1n) is 3.97. The van der Waals surface area contributed by atoms with Crippen molar-refractivity contribution in [1.82, 2.24) is 5.48 Å². The molecule has 0 radical (unpaired) electrons. The zero-order valence-electron chi connectivity index (χ0n) is 7.25. The molecule has 0 spiro atoms. The summed E-state index contributed by atoms with van der Waals surface area (Å²) in [7, 11) is 0. The molecule has 66 valence electrons. The van der Waals surface area contributed by atoms with Crippen molar-refractivity contribution in [3.8, 4) is 0 Å². The molecule has 3 nitrogen and oxygen atoms in total. The molecule has 4 N–H and O–H groups in total. The van der Waals surface area contributed by atoms with Crippen molar-refractivity contribution in [1.29, 1.82) is 0 Å². The predicted molar refractivity (Wildman–Crippen MR) is 46.4 cm³/mol. The summed E-state index contributed by atoms with van der Waals surface area (Å²) in [6, 6.07) is 0.137. The molecule has 0 heterocycles. The number of hydrogen-bond donors (Lipinski definition) is 3. The van der Waals surface area contributed by atoms with Gasteiger partial charge in [0.25, 0.3) is 0 Å². The van der Waals surface area contributed by atoms with Crippen molar-refractivity contribution < 1.29 is 5.21 Å². The zero-order chi connectivity index (χ0) is 8.69. The number of nitrogens with two attached hydrogens (primary N) is 1. The molecule has 0 aliphatic carbocycles. The quantitative estimate of drug-likeness (QED) is 0.411. The van der Waals surface area contributed by atoms with Gasteiger partial charge in [0.2, 0.25) is 0 Å². The van der Waals surface area contributed by atoms with Gasteiger partial charge in [0, 0.05) is 12.6 Å². The van der Waals surface area contributed by atoms with Crippen molar-refractivity contribution in [2.45, 2.75) is 26.3 Å². The monoisotopic (exact) mass is 158 g/mol. The molecule has 0 aliphatic rings. The van der Waals surface area contributed by atoms with Gasteiger partial charge in [-0.15, -0.1) is 0 Å². The maximum absolute atomic E-state index is 8.68. The first kappa shape index (κ1) is 10.6. The van der Waals surface area contributed by atoms with Crippen LogP contribution in [0.3, 0.4) is 0 Å². The Morgan fingerprint density at radius 2 is 2.09 bits per heavy atom. The van der Waals surface area contributed by atoms with Crippen molar-refractivity contribution in [3.05, 3.63) is 12.2 Å². The van der Waals surface area contributed by atoms with Gasteiger partial charge in [0.1, 0.15) is 0 Å². The molecule has 0 aromatic carbocycles. The normalized spacial score (nSPS) is 14.6. The molecule has 0 rings (SSSR count). The molecule has 1 unspecified atom stereocenters. The summed E-state index contributed by atoms with van der Waals surface area (Å²) >= 11 is 0. The van der Waals surface area contributed by atoms with Gasteiger partial charge in [-0.1, -0.05) is 26.0 Å². The van der Waals surface area contributed by atoms with Crippen molar-refractivity contribution in [2.75, 3.05) is 6.54 Å². The third kappa shape index (κ3) is 4.95. The van der Waals surface area contributed by atoms with Crippen LogP contribution in [0.15, 0.2) is 12.2 Å². The van der Waals surface area contributed by atoms with Gasteiger partial charge in [-0.3, -0.25) is 0 Å². The average molecular weight is 158 g/mol. The first-order valence-corrected chi connectivity index (χ1v) is 3.97. The van der Waals surface area contributed by atoms with E-state index in [0.717, 1.165) is 6.42 Å².